The quantitative estimate of drug-likeness (QED) is 0.0463. The molecule has 1 aliphatic rings. The average Bonchev–Trinajstić information content (AvgIpc) is 3.90. The van der Waals surface area contributed by atoms with E-state index in [9.17, 15) is 33.6 Å². The number of ether oxygens (including phenoxy) is 5. The Morgan fingerprint density at radius 3 is 2.11 bits per heavy atom. The van der Waals surface area contributed by atoms with Gasteiger partial charge in [0.2, 0.25) is 24.1 Å². The number of nitrogens with zero attached hydrogens (tertiary/aromatic N) is 2. The fraction of sp³-hybridized carbons (Fsp3) is 0.500. The van der Waals surface area contributed by atoms with Gasteiger partial charge in [-0.2, -0.15) is 0 Å². The molecule has 2 aromatic carbocycles. The van der Waals surface area contributed by atoms with Gasteiger partial charge in [-0.05, 0) is 37.0 Å². The van der Waals surface area contributed by atoms with Gasteiger partial charge >= 0.3 is 11.9 Å². The van der Waals surface area contributed by atoms with Crippen LogP contribution in [-0.4, -0.2) is 104 Å². The fourth-order valence-electron chi connectivity index (χ4n) is 6.87. The highest BCUT2D eigenvalue weighted by atomic mass is 32.1. The van der Waals surface area contributed by atoms with E-state index in [4.69, 9.17) is 28.8 Å². The van der Waals surface area contributed by atoms with E-state index in [0.29, 0.717) is 35.9 Å². The first-order valence-corrected chi connectivity index (χ1v) is 20.6. The van der Waals surface area contributed by atoms with Gasteiger partial charge in [0, 0.05) is 59.5 Å². The smallest absolute Gasteiger partial charge is 0.306 e. The highest BCUT2D eigenvalue weighted by Gasteiger charge is 2.37. The van der Waals surface area contributed by atoms with E-state index in [1.165, 1.54) is 31.3 Å². The maximum atomic E-state index is 15.8. The molecule has 0 saturated carbocycles. The summed E-state index contributed by atoms with van der Waals surface area (Å²) in [6.07, 6.45) is 0.996. The number of aliphatic carboxylic acids is 1. The molecule has 0 aliphatic carbocycles. The average molecular weight is 876 g/mol. The number of hydrogen-bond acceptors (Lipinski definition) is 13. The van der Waals surface area contributed by atoms with Gasteiger partial charge in [-0.25, -0.2) is 8.78 Å². The molecule has 2 heterocycles. The molecule has 0 radical (unpaired) electrons. The van der Waals surface area contributed by atoms with Crippen molar-refractivity contribution in [1.82, 2.24) is 15.1 Å². The third kappa shape index (κ3) is 11.7. The van der Waals surface area contributed by atoms with Crippen molar-refractivity contribution in [3.63, 3.8) is 0 Å². The van der Waals surface area contributed by atoms with E-state index in [1.54, 1.807) is 6.07 Å². The van der Waals surface area contributed by atoms with Crippen molar-refractivity contribution in [2.45, 2.75) is 85.2 Å². The molecule has 19 heteroatoms. The van der Waals surface area contributed by atoms with Gasteiger partial charge in [0.1, 0.15) is 13.2 Å². The molecular formula is C42H51F2N3O13S. The lowest BCUT2D eigenvalue weighted by Gasteiger charge is -2.32. The number of carboxylic acids is 1. The SMILES string of the molecule is CCC(CC)(CC)C(=O)N(C=O)CC(=O)NCCOC(=O)CCC(=O)c1cc2c(F)c(OCCCOc3c(OC)cc4c(c3F)CN(C(=O)CCC(=O)O)C4)c(OC)cc2s1. The molecule has 0 fully saturated rings. The first kappa shape index (κ1) is 47.8. The number of esters is 1. The monoisotopic (exact) mass is 875 g/mol. The third-order valence-electron chi connectivity index (χ3n) is 10.6. The van der Waals surface area contributed by atoms with Gasteiger partial charge < -0.3 is 39.0 Å². The number of carbonyl (C=O) groups is 7. The molecule has 16 nitrogen and oxygen atoms in total. The predicted octanol–water partition coefficient (Wildman–Crippen LogP) is 5.58. The van der Waals surface area contributed by atoms with Gasteiger partial charge in [0.15, 0.2) is 40.4 Å². The summed E-state index contributed by atoms with van der Waals surface area (Å²) in [5, 5.41) is 11.5. The molecule has 0 atom stereocenters. The number of methoxy groups -OCH3 is 2. The summed E-state index contributed by atoms with van der Waals surface area (Å²) in [6, 6.07) is 4.44. The Hall–Kier alpha value is -5.85. The summed E-state index contributed by atoms with van der Waals surface area (Å²) in [6.45, 7) is 4.70. The Balaban J connectivity index is 1.25. The maximum Gasteiger partial charge on any atom is 0.306 e. The highest BCUT2D eigenvalue weighted by Crippen LogP contribution is 2.41. The van der Waals surface area contributed by atoms with E-state index in [1.807, 2.05) is 20.8 Å². The Kier molecular flexibility index (Phi) is 17.3. The lowest BCUT2D eigenvalue weighted by atomic mass is 9.78. The number of benzene rings is 2. The van der Waals surface area contributed by atoms with Gasteiger partial charge in [-0.3, -0.25) is 38.5 Å². The number of imide groups is 1. The number of amides is 4. The molecule has 1 aromatic heterocycles. The van der Waals surface area contributed by atoms with Gasteiger partial charge in [-0.15, -0.1) is 11.3 Å². The number of fused-ring (bicyclic) bond motifs is 2. The van der Waals surface area contributed by atoms with Crippen molar-refractivity contribution < 1.29 is 71.1 Å². The number of nitrogens with one attached hydrogen (secondary N) is 1. The minimum absolute atomic E-state index is 0.0510. The zero-order chi connectivity index (χ0) is 44.9. The topological polar surface area (TPSA) is 204 Å². The predicted molar refractivity (Wildman–Crippen MR) is 217 cm³/mol. The van der Waals surface area contributed by atoms with Crippen LogP contribution in [0.2, 0.25) is 0 Å². The van der Waals surface area contributed by atoms with Crippen molar-refractivity contribution in [3.05, 3.63) is 45.8 Å². The first-order valence-electron chi connectivity index (χ1n) is 19.8. The number of thiophene rings is 1. The summed E-state index contributed by atoms with van der Waals surface area (Å²) in [5.41, 5.74) is 0.0140. The lowest BCUT2D eigenvalue weighted by Crippen LogP contribution is -2.47. The van der Waals surface area contributed by atoms with Crippen molar-refractivity contribution >= 4 is 63.3 Å². The summed E-state index contributed by atoms with van der Waals surface area (Å²) in [5.74, 6) is -5.39. The molecule has 332 valence electrons. The maximum absolute atomic E-state index is 15.8. The largest absolute Gasteiger partial charge is 0.493 e. The van der Waals surface area contributed by atoms with Crippen molar-refractivity contribution in [1.29, 1.82) is 0 Å². The molecule has 0 unspecified atom stereocenters. The summed E-state index contributed by atoms with van der Waals surface area (Å²) >= 11 is 1.01. The van der Waals surface area contributed by atoms with Crippen molar-refractivity contribution in [2.24, 2.45) is 5.41 Å². The number of carboxylic acid groups (broad SMARTS) is 1. The number of carbonyl (C=O) groups excluding carboxylic acids is 6. The summed E-state index contributed by atoms with van der Waals surface area (Å²) in [7, 11) is 2.67. The zero-order valence-corrected chi connectivity index (χ0v) is 35.6. The van der Waals surface area contributed by atoms with Gasteiger partial charge in [0.05, 0.1) is 51.7 Å². The standard InChI is InChI=1S/C42H51F2N3O13S/c1-6-42(7-2,8-3)41(55)47(24-48)23-33(50)45-14-17-58-36(54)13-10-28(49)32-19-26-31(61-32)20-30(57-5)40(37(26)43)60-16-9-15-59-39-29(56-4)18-25-21-46(22-27(25)38(39)44)34(51)11-12-35(52)53/h18-20,24H,6-17,21-23H2,1-5H3,(H,45,50)(H,52,53). The number of rotatable bonds is 25. The Morgan fingerprint density at radius 1 is 0.869 bits per heavy atom. The second kappa shape index (κ2) is 22.1. The first-order chi connectivity index (χ1) is 29.2. The zero-order valence-electron chi connectivity index (χ0n) is 34.8. The van der Waals surface area contributed by atoms with Crippen molar-refractivity contribution in [3.8, 4) is 23.0 Å². The molecule has 1 aliphatic heterocycles. The van der Waals surface area contributed by atoms with Crippen LogP contribution in [-0.2, 0) is 46.6 Å². The summed E-state index contributed by atoms with van der Waals surface area (Å²) in [4.78, 5) is 88.0. The molecule has 0 bridgehead atoms. The molecule has 4 amide bonds. The highest BCUT2D eigenvalue weighted by molar-refractivity contribution is 7.20. The van der Waals surface area contributed by atoms with Crippen LogP contribution in [0.15, 0.2) is 18.2 Å². The Bertz CT molecular complexity index is 2110. The normalized spacial score (nSPS) is 12.1. The van der Waals surface area contributed by atoms with Crippen LogP contribution >= 0.6 is 11.3 Å². The molecule has 0 spiro atoms. The van der Waals surface area contributed by atoms with E-state index in [-0.39, 0.29) is 110 Å². The minimum atomic E-state index is -1.11. The number of ketones is 1. The Labute approximate surface area is 355 Å². The molecule has 0 saturated heterocycles. The molecule has 61 heavy (non-hydrogen) atoms. The summed E-state index contributed by atoms with van der Waals surface area (Å²) < 4.78 is 59.0. The molecule has 2 N–H and O–H groups in total. The van der Waals surface area contributed by atoms with Gasteiger partial charge in [-0.1, -0.05) is 20.8 Å². The second-order valence-electron chi connectivity index (χ2n) is 14.2. The lowest BCUT2D eigenvalue weighted by molar-refractivity contribution is -0.150. The van der Waals surface area contributed by atoms with E-state index in [0.717, 1.165) is 16.2 Å². The second-order valence-corrected chi connectivity index (χ2v) is 15.3. The number of Topliss-reactive ketones (excluding diaryl/α,β-unsaturated/α-hetero) is 1. The van der Waals surface area contributed by atoms with Crippen LogP contribution in [0.5, 0.6) is 23.0 Å². The van der Waals surface area contributed by atoms with E-state index >= 15 is 8.78 Å². The van der Waals surface area contributed by atoms with Crippen LogP contribution in [0.1, 0.15) is 92.9 Å². The third-order valence-corrected chi connectivity index (χ3v) is 11.7. The van der Waals surface area contributed by atoms with E-state index in [2.05, 4.69) is 5.32 Å². The molecule has 3 aromatic rings. The Morgan fingerprint density at radius 2 is 1.51 bits per heavy atom. The van der Waals surface area contributed by atoms with Gasteiger partial charge in [0.25, 0.3) is 0 Å². The van der Waals surface area contributed by atoms with Crippen LogP contribution in [0.3, 0.4) is 0 Å². The van der Waals surface area contributed by atoms with Crippen LogP contribution in [0, 0.1) is 17.0 Å². The van der Waals surface area contributed by atoms with Crippen LogP contribution < -0.4 is 24.3 Å². The molecule has 4 rings (SSSR count). The van der Waals surface area contributed by atoms with Crippen LogP contribution in [0.25, 0.3) is 10.1 Å². The van der Waals surface area contributed by atoms with Crippen molar-refractivity contribution in [2.75, 3.05) is 47.1 Å². The van der Waals surface area contributed by atoms with E-state index < -0.39 is 59.0 Å². The molecular weight excluding hydrogens is 825 g/mol. The fourth-order valence-corrected chi connectivity index (χ4v) is 7.92. The minimum Gasteiger partial charge on any atom is -0.493 e. The van der Waals surface area contributed by atoms with Crippen LogP contribution in [0.4, 0.5) is 8.78 Å². The number of hydrogen-bond donors (Lipinski definition) is 2. The number of halogens is 2.